The second-order valence-corrected chi connectivity index (χ2v) is 10.5. The smallest absolute Gasteiger partial charge is 0.407 e. The Morgan fingerprint density at radius 3 is 1.95 bits per heavy atom. The van der Waals surface area contributed by atoms with Gasteiger partial charge in [0.15, 0.2) is 0 Å². The van der Waals surface area contributed by atoms with Gasteiger partial charge in [-0.25, -0.2) is 4.79 Å². The third-order valence-electron chi connectivity index (χ3n) is 6.99. The normalized spacial score (nSPS) is 13.4. The Bertz CT molecular complexity index is 1350. The van der Waals surface area contributed by atoms with Crippen LogP contribution < -0.4 is 16.0 Å². The highest BCUT2D eigenvalue weighted by molar-refractivity contribution is 5.92. The molecule has 9 nitrogen and oxygen atoms in total. The topological polar surface area (TPSA) is 134 Å². The minimum atomic E-state index is -1.19. The number of hydrogen-bond acceptors (Lipinski definition) is 5. The largest absolute Gasteiger partial charge is 0.480 e. The Labute approximate surface area is 239 Å². The Kier molecular flexibility index (Phi) is 9.73. The van der Waals surface area contributed by atoms with Crippen molar-refractivity contribution in [2.24, 2.45) is 5.92 Å². The summed E-state index contributed by atoms with van der Waals surface area (Å²) in [5, 5.41) is 16.7. The minimum absolute atomic E-state index is 0.0403. The first-order valence-corrected chi connectivity index (χ1v) is 13.7. The van der Waals surface area contributed by atoms with E-state index in [1.807, 2.05) is 80.6 Å². The summed E-state index contributed by atoms with van der Waals surface area (Å²) in [6.07, 6.45) is -0.291. The molecular formula is C32H35N3O6. The molecule has 0 heterocycles. The lowest BCUT2D eigenvalue weighted by Crippen LogP contribution is -2.55. The molecule has 2 atom stereocenters. The number of aliphatic carboxylic acids is 1. The van der Waals surface area contributed by atoms with E-state index in [4.69, 9.17) is 9.84 Å². The van der Waals surface area contributed by atoms with Gasteiger partial charge in [0.25, 0.3) is 0 Å². The predicted octanol–water partition coefficient (Wildman–Crippen LogP) is 3.87. The van der Waals surface area contributed by atoms with Gasteiger partial charge in [-0.15, -0.1) is 0 Å². The van der Waals surface area contributed by atoms with Gasteiger partial charge >= 0.3 is 12.1 Å². The number of carbonyl (C=O) groups excluding carboxylic acids is 3. The molecule has 0 bridgehead atoms. The summed E-state index contributed by atoms with van der Waals surface area (Å²) in [6.45, 7) is 3.31. The molecule has 0 aromatic heterocycles. The highest BCUT2D eigenvalue weighted by Crippen LogP contribution is 2.44. The third kappa shape index (κ3) is 7.72. The Morgan fingerprint density at radius 2 is 1.37 bits per heavy atom. The number of fused-ring (bicyclic) bond motifs is 3. The van der Waals surface area contributed by atoms with Crippen LogP contribution in [0.2, 0.25) is 0 Å². The number of alkyl carbamates (subject to hydrolysis) is 1. The van der Waals surface area contributed by atoms with Crippen LogP contribution in [-0.2, 0) is 25.5 Å². The molecule has 0 saturated carbocycles. The van der Waals surface area contributed by atoms with Crippen molar-refractivity contribution in [2.75, 3.05) is 13.2 Å². The first kappa shape index (κ1) is 29.3. The van der Waals surface area contributed by atoms with E-state index >= 15 is 0 Å². The monoisotopic (exact) mass is 557 g/mol. The van der Waals surface area contributed by atoms with Gasteiger partial charge in [0.1, 0.15) is 25.2 Å². The zero-order valence-electron chi connectivity index (χ0n) is 23.1. The fourth-order valence-corrected chi connectivity index (χ4v) is 5.10. The zero-order chi connectivity index (χ0) is 29.4. The fraction of sp³-hybridized carbons (Fsp3) is 0.312. The van der Waals surface area contributed by atoms with Gasteiger partial charge < -0.3 is 25.8 Å². The molecule has 4 rings (SSSR count). The standard InChI is InChI=1S/C32H35N3O6/c1-20(2)16-27(30(38)33-18-29(36)37)34-31(39)28(17-21-10-4-3-5-11-21)35-32(40)41-19-26-24-14-8-6-12-22(24)23-13-7-9-15-25(23)26/h3-15,20,26-28H,16-19H2,1-2H3,(H,33,38)(H,34,39)(H,35,40)(H,36,37)/t27-,28-/m0/s1. The summed E-state index contributed by atoms with van der Waals surface area (Å²) in [7, 11) is 0. The van der Waals surface area contributed by atoms with Gasteiger partial charge in [-0.2, -0.15) is 0 Å². The van der Waals surface area contributed by atoms with Crippen molar-refractivity contribution in [2.45, 2.75) is 44.7 Å². The van der Waals surface area contributed by atoms with Crippen molar-refractivity contribution in [1.82, 2.24) is 16.0 Å². The molecule has 0 aliphatic heterocycles. The average molecular weight is 558 g/mol. The van der Waals surface area contributed by atoms with Gasteiger partial charge in [-0.1, -0.05) is 92.7 Å². The molecule has 4 N–H and O–H groups in total. The van der Waals surface area contributed by atoms with Crippen molar-refractivity contribution in [3.8, 4) is 11.1 Å². The van der Waals surface area contributed by atoms with E-state index in [0.717, 1.165) is 27.8 Å². The molecule has 0 saturated heterocycles. The molecule has 0 spiro atoms. The van der Waals surface area contributed by atoms with E-state index in [-0.39, 0.29) is 24.9 Å². The number of ether oxygens (including phenoxy) is 1. The quantitative estimate of drug-likeness (QED) is 0.267. The van der Waals surface area contributed by atoms with Crippen LogP contribution in [0, 0.1) is 5.92 Å². The van der Waals surface area contributed by atoms with E-state index in [2.05, 4.69) is 28.1 Å². The maximum atomic E-state index is 13.4. The van der Waals surface area contributed by atoms with Crippen molar-refractivity contribution < 1.29 is 29.0 Å². The highest BCUT2D eigenvalue weighted by atomic mass is 16.5. The van der Waals surface area contributed by atoms with E-state index < -0.39 is 42.5 Å². The van der Waals surface area contributed by atoms with Crippen molar-refractivity contribution in [3.05, 3.63) is 95.6 Å². The van der Waals surface area contributed by atoms with E-state index in [9.17, 15) is 19.2 Å². The van der Waals surface area contributed by atoms with Crippen molar-refractivity contribution in [3.63, 3.8) is 0 Å². The maximum Gasteiger partial charge on any atom is 0.407 e. The van der Waals surface area contributed by atoms with E-state index in [0.29, 0.717) is 6.42 Å². The summed E-state index contributed by atoms with van der Waals surface area (Å²) in [6, 6.07) is 23.2. The molecule has 214 valence electrons. The zero-order valence-corrected chi connectivity index (χ0v) is 23.1. The molecule has 0 fully saturated rings. The Balaban J connectivity index is 1.46. The number of carbonyl (C=O) groups is 4. The summed E-state index contributed by atoms with van der Waals surface area (Å²) in [5.41, 5.74) is 5.17. The molecule has 1 aliphatic rings. The number of amides is 3. The third-order valence-corrected chi connectivity index (χ3v) is 6.99. The Hall–Kier alpha value is -4.66. The molecule has 3 aromatic rings. The van der Waals surface area contributed by atoms with Gasteiger partial charge in [-0.05, 0) is 40.2 Å². The predicted molar refractivity (Wildman–Crippen MR) is 154 cm³/mol. The molecule has 0 radical (unpaired) electrons. The minimum Gasteiger partial charge on any atom is -0.480 e. The second kappa shape index (κ2) is 13.6. The summed E-state index contributed by atoms with van der Waals surface area (Å²) < 4.78 is 5.67. The van der Waals surface area contributed by atoms with Gasteiger partial charge in [0, 0.05) is 12.3 Å². The number of carboxylic acid groups (broad SMARTS) is 1. The first-order valence-electron chi connectivity index (χ1n) is 13.7. The van der Waals surface area contributed by atoms with Crippen molar-refractivity contribution in [1.29, 1.82) is 0 Å². The lowest BCUT2D eigenvalue weighted by Gasteiger charge is -2.24. The average Bonchev–Trinajstić information content (AvgIpc) is 3.28. The number of hydrogen-bond donors (Lipinski definition) is 4. The lowest BCUT2D eigenvalue weighted by molar-refractivity contribution is -0.138. The first-order chi connectivity index (χ1) is 19.7. The van der Waals surface area contributed by atoms with E-state index in [1.165, 1.54) is 0 Å². The Morgan fingerprint density at radius 1 is 0.780 bits per heavy atom. The molecular weight excluding hydrogens is 522 g/mol. The molecule has 9 heteroatoms. The maximum absolute atomic E-state index is 13.4. The molecule has 3 amide bonds. The van der Waals surface area contributed by atoms with Crippen LogP contribution in [0.15, 0.2) is 78.9 Å². The summed E-state index contributed by atoms with van der Waals surface area (Å²) in [4.78, 5) is 50.1. The fourth-order valence-electron chi connectivity index (χ4n) is 5.10. The van der Waals surface area contributed by atoms with Crippen LogP contribution >= 0.6 is 0 Å². The van der Waals surface area contributed by atoms with Crippen LogP contribution in [0.5, 0.6) is 0 Å². The van der Waals surface area contributed by atoms with Crippen LogP contribution in [0.1, 0.15) is 42.9 Å². The van der Waals surface area contributed by atoms with Gasteiger partial charge in [-0.3, -0.25) is 14.4 Å². The van der Waals surface area contributed by atoms with Gasteiger partial charge in [0.2, 0.25) is 11.8 Å². The summed E-state index contributed by atoms with van der Waals surface area (Å²) in [5.74, 6) is -2.46. The molecule has 1 aliphatic carbocycles. The van der Waals surface area contributed by atoms with E-state index in [1.54, 1.807) is 0 Å². The lowest BCUT2D eigenvalue weighted by atomic mass is 9.98. The number of carboxylic acids is 1. The van der Waals surface area contributed by atoms with Crippen molar-refractivity contribution >= 4 is 23.9 Å². The SMILES string of the molecule is CC(C)C[C@H](NC(=O)[C@H](Cc1ccccc1)NC(=O)OCC1c2ccccc2-c2ccccc21)C(=O)NCC(=O)O. The molecule has 3 aromatic carbocycles. The van der Waals surface area contributed by atoms with Crippen LogP contribution in [0.4, 0.5) is 4.79 Å². The van der Waals surface area contributed by atoms with Crippen LogP contribution in [0.25, 0.3) is 11.1 Å². The number of rotatable bonds is 12. The summed E-state index contributed by atoms with van der Waals surface area (Å²) >= 11 is 0. The van der Waals surface area contributed by atoms with Gasteiger partial charge in [0.05, 0.1) is 0 Å². The molecule has 0 unspecified atom stereocenters. The highest BCUT2D eigenvalue weighted by Gasteiger charge is 2.31. The molecule has 41 heavy (non-hydrogen) atoms. The van der Waals surface area contributed by atoms with Crippen LogP contribution in [0.3, 0.4) is 0 Å². The number of benzene rings is 3. The van der Waals surface area contributed by atoms with Crippen LogP contribution in [-0.4, -0.2) is 54.2 Å². The second-order valence-electron chi connectivity index (χ2n) is 10.5. The number of nitrogens with one attached hydrogen (secondary N) is 3.